The number of halogens is 3. The second-order valence-electron chi connectivity index (χ2n) is 7.21. The first-order chi connectivity index (χ1) is 15.0. The van der Waals surface area contributed by atoms with Crippen molar-refractivity contribution in [2.45, 2.75) is 19.1 Å². The van der Waals surface area contributed by atoms with E-state index in [0.717, 1.165) is 11.1 Å². The first kappa shape index (κ1) is 21.3. The van der Waals surface area contributed by atoms with Crippen molar-refractivity contribution in [1.82, 2.24) is 4.90 Å². The predicted octanol–water partition coefficient (Wildman–Crippen LogP) is 5.97. The molecule has 4 nitrogen and oxygen atoms in total. The van der Waals surface area contributed by atoms with Crippen molar-refractivity contribution >= 4 is 34.8 Å². The third kappa shape index (κ3) is 4.89. The molecule has 0 fully saturated rings. The van der Waals surface area contributed by atoms with Crippen molar-refractivity contribution in [3.63, 3.8) is 0 Å². The van der Waals surface area contributed by atoms with Crippen molar-refractivity contribution in [1.29, 1.82) is 0 Å². The van der Waals surface area contributed by atoms with Crippen LogP contribution in [-0.2, 0) is 11.4 Å². The average molecular weight is 457 g/mol. The topological polar surface area (TPSA) is 41.9 Å². The summed E-state index contributed by atoms with van der Waals surface area (Å²) in [4.78, 5) is 20.3. The zero-order valence-corrected chi connectivity index (χ0v) is 18.0. The van der Waals surface area contributed by atoms with Gasteiger partial charge in [0.2, 0.25) is 0 Å². The van der Waals surface area contributed by atoms with E-state index in [9.17, 15) is 9.18 Å². The lowest BCUT2D eigenvalue weighted by Gasteiger charge is -2.25. The summed E-state index contributed by atoms with van der Waals surface area (Å²) < 4.78 is 14.3. The van der Waals surface area contributed by atoms with Crippen LogP contribution in [0, 0.1) is 5.82 Å². The monoisotopic (exact) mass is 456 g/mol. The molecule has 3 aromatic carbocycles. The summed E-state index contributed by atoms with van der Waals surface area (Å²) >= 11 is 12.6. The van der Waals surface area contributed by atoms with Crippen molar-refractivity contribution in [3.8, 4) is 0 Å². The van der Waals surface area contributed by atoms with Crippen molar-refractivity contribution in [2.24, 2.45) is 5.16 Å². The summed E-state index contributed by atoms with van der Waals surface area (Å²) in [6, 6.07) is 20.6. The van der Waals surface area contributed by atoms with E-state index >= 15 is 0 Å². The Kier molecular flexibility index (Phi) is 6.54. The normalized spacial score (nSPS) is 15.3. The van der Waals surface area contributed by atoms with Crippen molar-refractivity contribution < 1.29 is 14.0 Å². The van der Waals surface area contributed by atoms with Crippen LogP contribution in [0.4, 0.5) is 4.39 Å². The van der Waals surface area contributed by atoms with Gasteiger partial charge in [0.15, 0.2) is 6.10 Å². The second kappa shape index (κ2) is 9.50. The molecule has 1 heterocycles. The van der Waals surface area contributed by atoms with Gasteiger partial charge in [-0.25, -0.2) is 4.39 Å². The van der Waals surface area contributed by atoms with Crippen LogP contribution in [0.1, 0.15) is 27.9 Å². The quantitative estimate of drug-likeness (QED) is 0.458. The fourth-order valence-electron chi connectivity index (χ4n) is 3.48. The fourth-order valence-corrected chi connectivity index (χ4v) is 3.92. The lowest BCUT2D eigenvalue weighted by Crippen LogP contribution is -2.37. The molecule has 0 spiro atoms. The summed E-state index contributed by atoms with van der Waals surface area (Å²) in [7, 11) is 0. The third-order valence-electron chi connectivity index (χ3n) is 5.05. The lowest BCUT2D eigenvalue weighted by molar-refractivity contribution is 0.0402. The minimum atomic E-state index is -0.572. The van der Waals surface area contributed by atoms with E-state index in [-0.39, 0.29) is 24.8 Å². The molecule has 0 saturated carbocycles. The Labute approximate surface area is 189 Å². The van der Waals surface area contributed by atoms with Gasteiger partial charge in [-0.15, -0.1) is 0 Å². The van der Waals surface area contributed by atoms with Gasteiger partial charge in [0, 0.05) is 28.6 Å². The molecule has 0 bridgehead atoms. The number of rotatable bonds is 6. The first-order valence-corrected chi connectivity index (χ1v) is 10.5. The number of hydrogen-bond acceptors (Lipinski definition) is 3. The zero-order chi connectivity index (χ0) is 21.8. The van der Waals surface area contributed by atoms with Gasteiger partial charge in [0.05, 0.1) is 17.8 Å². The molecular weight excluding hydrogens is 438 g/mol. The zero-order valence-electron chi connectivity index (χ0n) is 16.5. The molecule has 0 aromatic heterocycles. The SMILES string of the molecule is O=C(c1ccccc1F)N(Cc1ccccc1Cl)C[C@@H]1CC(c2ccccc2Cl)=NO1. The maximum absolute atomic E-state index is 14.3. The van der Waals surface area contributed by atoms with Crippen LogP contribution >= 0.6 is 23.2 Å². The predicted molar refractivity (Wildman–Crippen MR) is 120 cm³/mol. The second-order valence-corrected chi connectivity index (χ2v) is 8.02. The average Bonchev–Trinajstić information content (AvgIpc) is 3.23. The van der Waals surface area contributed by atoms with E-state index in [0.29, 0.717) is 22.2 Å². The molecule has 3 aromatic rings. The summed E-state index contributed by atoms with van der Waals surface area (Å²) in [5, 5.41) is 5.29. The van der Waals surface area contributed by atoms with E-state index in [1.807, 2.05) is 36.4 Å². The molecule has 0 radical (unpaired) electrons. The number of benzene rings is 3. The van der Waals surface area contributed by atoms with Crippen LogP contribution in [0.15, 0.2) is 78.0 Å². The highest BCUT2D eigenvalue weighted by Gasteiger charge is 2.29. The summed E-state index contributed by atoms with van der Waals surface area (Å²) in [5.74, 6) is -1.01. The molecule has 0 N–H and O–H groups in total. The molecule has 0 unspecified atom stereocenters. The number of amides is 1. The number of nitrogens with zero attached hydrogens (tertiary/aromatic N) is 2. The van der Waals surface area contributed by atoms with Crippen LogP contribution in [0.2, 0.25) is 10.0 Å². The molecule has 1 atom stereocenters. The maximum atomic E-state index is 14.3. The van der Waals surface area contributed by atoms with E-state index < -0.39 is 11.7 Å². The Balaban J connectivity index is 1.55. The van der Waals surface area contributed by atoms with Gasteiger partial charge in [-0.2, -0.15) is 0 Å². The summed E-state index contributed by atoms with van der Waals surface area (Å²) in [5.41, 5.74) is 2.27. The maximum Gasteiger partial charge on any atom is 0.257 e. The summed E-state index contributed by atoms with van der Waals surface area (Å²) in [6.45, 7) is 0.434. The van der Waals surface area contributed by atoms with Crippen LogP contribution in [-0.4, -0.2) is 29.2 Å². The van der Waals surface area contributed by atoms with Crippen LogP contribution in [0.3, 0.4) is 0 Å². The molecule has 7 heteroatoms. The number of carbonyl (C=O) groups excluding carboxylic acids is 1. The molecule has 1 aliphatic rings. The molecule has 0 aliphatic carbocycles. The fraction of sp³-hybridized carbons (Fsp3) is 0.167. The Morgan fingerprint density at radius 3 is 2.42 bits per heavy atom. The Bertz CT molecular complexity index is 1140. The van der Waals surface area contributed by atoms with Gasteiger partial charge in [-0.05, 0) is 29.8 Å². The molecule has 4 rings (SSSR count). The Hall–Kier alpha value is -2.89. The molecule has 0 saturated heterocycles. The number of hydrogen-bond donors (Lipinski definition) is 0. The largest absolute Gasteiger partial charge is 0.390 e. The molecule has 158 valence electrons. The highest BCUT2D eigenvalue weighted by Crippen LogP contribution is 2.25. The number of carbonyl (C=O) groups is 1. The minimum Gasteiger partial charge on any atom is -0.390 e. The highest BCUT2D eigenvalue weighted by molar-refractivity contribution is 6.34. The van der Waals surface area contributed by atoms with Crippen LogP contribution in [0.5, 0.6) is 0 Å². The number of oxime groups is 1. The van der Waals surface area contributed by atoms with Gasteiger partial charge in [-0.1, -0.05) is 76.9 Å². The van der Waals surface area contributed by atoms with Crippen molar-refractivity contribution in [3.05, 3.63) is 105 Å². The third-order valence-corrected chi connectivity index (χ3v) is 5.75. The van der Waals surface area contributed by atoms with E-state index in [1.165, 1.54) is 17.0 Å². The van der Waals surface area contributed by atoms with E-state index in [1.54, 1.807) is 24.3 Å². The van der Waals surface area contributed by atoms with Gasteiger partial charge in [0.25, 0.3) is 5.91 Å². The Morgan fingerprint density at radius 2 is 1.68 bits per heavy atom. The van der Waals surface area contributed by atoms with Gasteiger partial charge in [0.1, 0.15) is 5.82 Å². The van der Waals surface area contributed by atoms with Crippen LogP contribution < -0.4 is 0 Å². The van der Waals surface area contributed by atoms with Crippen molar-refractivity contribution in [2.75, 3.05) is 6.54 Å². The molecule has 1 amide bonds. The van der Waals surface area contributed by atoms with Gasteiger partial charge in [-0.3, -0.25) is 4.79 Å². The standard InChI is InChI=1S/C24H19Cl2FN2O2/c25-20-10-4-1-7-16(20)14-29(24(30)19-9-3-6-12-22(19)27)15-17-13-23(28-31-17)18-8-2-5-11-21(18)26/h1-12,17H,13-15H2/t17-/m0/s1. The molecule has 31 heavy (non-hydrogen) atoms. The lowest BCUT2D eigenvalue weighted by atomic mass is 10.0. The van der Waals surface area contributed by atoms with E-state index in [2.05, 4.69) is 5.16 Å². The molecular formula is C24H19Cl2FN2O2. The highest BCUT2D eigenvalue weighted by atomic mass is 35.5. The van der Waals surface area contributed by atoms with Crippen LogP contribution in [0.25, 0.3) is 0 Å². The minimum absolute atomic E-state index is 0.000189. The van der Waals surface area contributed by atoms with Gasteiger partial charge < -0.3 is 9.74 Å². The Morgan fingerprint density at radius 1 is 1.00 bits per heavy atom. The summed E-state index contributed by atoms with van der Waals surface area (Å²) in [6.07, 6.45) is 0.0947. The smallest absolute Gasteiger partial charge is 0.257 e. The van der Waals surface area contributed by atoms with Gasteiger partial charge >= 0.3 is 0 Å². The first-order valence-electron chi connectivity index (χ1n) is 9.77. The molecule has 1 aliphatic heterocycles. The van der Waals surface area contributed by atoms with E-state index in [4.69, 9.17) is 28.0 Å².